The van der Waals surface area contributed by atoms with Crippen molar-refractivity contribution >= 4 is 5.97 Å². The molecule has 5 heteroatoms. The lowest BCUT2D eigenvalue weighted by Gasteiger charge is -2.10. The van der Waals surface area contributed by atoms with Gasteiger partial charge in [0.2, 0.25) is 0 Å². The first-order valence-corrected chi connectivity index (χ1v) is 5.93. The molecule has 0 saturated heterocycles. The fraction of sp³-hybridized carbons (Fsp3) is 0.214. The lowest BCUT2D eigenvalue weighted by molar-refractivity contribution is 0.0696. The van der Waals surface area contributed by atoms with Crippen LogP contribution in [-0.2, 0) is 6.42 Å². The van der Waals surface area contributed by atoms with Gasteiger partial charge in [0.15, 0.2) is 0 Å². The van der Waals surface area contributed by atoms with E-state index in [-0.39, 0.29) is 5.56 Å². The van der Waals surface area contributed by atoms with Crippen LogP contribution in [0.25, 0.3) is 0 Å². The molecule has 0 saturated carbocycles. The number of aromatic nitrogens is 2. The third-order valence-corrected chi connectivity index (χ3v) is 2.59. The molecule has 19 heavy (non-hydrogen) atoms. The van der Waals surface area contributed by atoms with E-state index < -0.39 is 5.97 Å². The summed E-state index contributed by atoms with van der Waals surface area (Å²) in [6, 6.07) is 5.12. The second kappa shape index (κ2) is 5.48. The lowest BCUT2D eigenvalue weighted by Crippen LogP contribution is -1.99. The van der Waals surface area contributed by atoms with Gasteiger partial charge in [-0.05, 0) is 31.5 Å². The zero-order valence-corrected chi connectivity index (χ0v) is 10.8. The van der Waals surface area contributed by atoms with Crippen LogP contribution in [0.5, 0.6) is 11.5 Å². The summed E-state index contributed by atoms with van der Waals surface area (Å²) in [5.74, 6) is -0.0200. The number of aromatic carboxylic acids is 1. The van der Waals surface area contributed by atoms with E-state index in [1.54, 1.807) is 0 Å². The molecule has 5 nitrogen and oxygen atoms in total. The first-order valence-electron chi connectivity index (χ1n) is 5.93. The number of hydrogen-bond donors (Lipinski definition) is 1. The Hall–Kier alpha value is -2.43. The van der Waals surface area contributed by atoms with Gasteiger partial charge in [-0.3, -0.25) is 9.97 Å². The molecule has 0 aliphatic rings. The predicted octanol–water partition coefficient (Wildman–Crippen LogP) is 2.84. The average molecular weight is 258 g/mol. The van der Waals surface area contributed by atoms with Gasteiger partial charge in [0.25, 0.3) is 0 Å². The Labute approximate surface area is 110 Å². The Bertz CT molecular complexity index is 611. The molecule has 98 valence electrons. The van der Waals surface area contributed by atoms with E-state index in [0.717, 1.165) is 17.8 Å². The molecule has 0 aromatic carbocycles. The molecular weight excluding hydrogens is 244 g/mol. The average Bonchev–Trinajstić information content (AvgIpc) is 2.41. The molecule has 0 amide bonds. The fourth-order valence-electron chi connectivity index (χ4n) is 1.66. The molecule has 0 aliphatic carbocycles. The smallest absolute Gasteiger partial charge is 0.337 e. The van der Waals surface area contributed by atoms with Gasteiger partial charge in [0, 0.05) is 11.9 Å². The molecule has 0 fully saturated rings. The first-order chi connectivity index (χ1) is 9.10. The summed E-state index contributed by atoms with van der Waals surface area (Å²) in [5, 5.41) is 8.90. The highest BCUT2D eigenvalue weighted by molar-refractivity contribution is 5.87. The van der Waals surface area contributed by atoms with E-state index in [1.807, 2.05) is 26.0 Å². The lowest BCUT2D eigenvalue weighted by atomic mass is 10.2. The molecule has 2 aromatic rings. The van der Waals surface area contributed by atoms with Crippen molar-refractivity contribution in [1.82, 2.24) is 9.97 Å². The maximum Gasteiger partial charge on any atom is 0.337 e. The minimum Gasteiger partial charge on any atom is -0.478 e. The number of pyridine rings is 2. The van der Waals surface area contributed by atoms with Gasteiger partial charge in [-0.25, -0.2) is 4.79 Å². The number of aryl methyl sites for hydroxylation is 2. The first kappa shape index (κ1) is 13.0. The standard InChI is InChI=1S/C14H14N2O3/c1-3-12-13(5-4-9(2)16-12)19-11-6-10(14(17)18)7-15-8-11/h4-8H,3H2,1-2H3,(H,17,18). The highest BCUT2D eigenvalue weighted by Gasteiger charge is 2.08. The van der Waals surface area contributed by atoms with Crippen molar-refractivity contribution in [3.8, 4) is 11.5 Å². The Kier molecular flexibility index (Phi) is 3.75. The Balaban J connectivity index is 2.30. The van der Waals surface area contributed by atoms with Crippen LogP contribution < -0.4 is 4.74 Å². The van der Waals surface area contributed by atoms with Crippen molar-refractivity contribution < 1.29 is 14.6 Å². The molecule has 0 radical (unpaired) electrons. The molecule has 2 rings (SSSR count). The Morgan fingerprint density at radius 3 is 2.84 bits per heavy atom. The number of rotatable bonds is 4. The summed E-state index contributed by atoms with van der Waals surface area (Å²) in [6.07, 6.45) is 3.50. The number of carboxylic acids is 1. The summed E-state index contributed by atoms with van der Waals surface area (Å²) in [4.78, 5) is 19.1. The maximum atomic E-state index is 10.9. The van der Waals surface area contributed by atoms with Gasteiger partial charge in [-0.2, -0.15) is 0 Å². The summed E-state index contributed by atoms with van der Waals surface area (Å²) in [6.45, 7) is 3.90. The van der Waals surface area contributed by atoms with Crippen LogP contribution in [0, 0.1) is 6.92 Å². The van der Waals surface area contributed by atoms with Crippen molar-refractivity contribution in [1.29, 1.82) is 0 Å². The van der Waals surface area contributed by atoms with Gasteiger partial charge >= 0.3 is 5.97 Å². The second-order valence-corrected chi connectivity index (χ2v) is 4.07. The normalized spacial score (nSPS) is 10.2. The van der Waals surface area contributed by atoms with Gasteiger partial charge < -0.3 is 9.84 Å². The molecular formula is C14H14N2O3. The molecule has 0 unspecified atom stereocenters. The topological polar surface area (TPSA) is 72.3 Å². The van der Waals surface area contributed by atoms with Gasteiger partial charge in [0.05, 0.1) is 17.5 Å². The maximum absolute atomic E-state index is 10.9. The molecule has 0 aliphatic heterocycles. The summed E-state index contributed by atoms with van der Waals surface area (Å²) < 4.78 is 5.66. The minimum atomic E-state index is -1.03. The van der Waals surface area contributed by atoms with Crippen LogP contribution in [0.1, 0.15) is 28.7 Å². The monoisotopic (exact) mass is 258 g/mol. The molecule has 2 heterocycles. The van der Waals surface area contributed by atoms with E-state index >= 15 is 0 Å². The number of carbonyl (C=O) groups is 1. The van der Waals surface area contributed by atoms with Crippen LogP contribution in [0.4, 0.5) is 0 Å². The van der Waals surface area contributed by atoms with E-state index in [1.165, 1.54) is 18.5 Å². The van der Waals surface area contributed by atoms with Crippen molar-refractivity contribution in [2.75, 3.05) is 0 Å². The molecule has 0 bridgehead atoms. The number of carboxylic acid groups (broad SMARTS) is 1. The van der Waals surface area contributed by atoms with Crippen molar-refractivity contribution in [3.63, 3.8) is 0 Å². The fourth-order valence-corrected chi connectivity index (χ4v) is 1.66. The molecule has 2 aromatic heterocycles. The van der Waals surface area contributed by atoms with Gasteiger partial charge in [-0.1, -0.05) is 6.92 Å². The van der Waals surface area contributed by atoms with Crippen LogP contribution >= 0.6 is 0 Å². The number of ether oxygens (including phenoxy) is 1. The molecule has 0 spiro atoms. The predicted molar refractivity (Wildman–Crippen MR) is 69.6 cm³/mol. The van der Waals surface area contributed by atoms with Crippen molar-refractivity contribution in [3.05, 3.63) is 47.5 Å². The third kappa shape index (κ3) is 3.07. The second-order valence-electron chi connectivity index (χ2n) is 4.07. The Morgan fingerprint density at radius 1 is 1.37 bits per heavy atom. The van der Waals surface area contributed by atoms with Crippen LogP contribution in [0.2, 0.25) is 0 Å². The number of hydrogen-bond acceptors (Lipinski definition) is 4. The van der Waals surface area contributed by atoms with Crippen LogP contribution in [0.3, 0.4) is 0 Å². The largest absolute Gasteiger partial charge is 0.478 e. The van der Waals surface area contributed by atoms with Crippen molar-refractivity contribution in [2.24, 2.45) is 0 Å². The van der Waals surface area contributed by atoms with Crippen LogP contribution in [-0.4, -0.2) is 21.0 Å². The quantitative estimate of drug-likeness (QED) is 0.912. The SMILES string of the molecule is CCc1nc(C)ccc1Oc1cncc(C(=O)O)c1. The van der Waals surface area contributed by atoms with E-state index in [4.69, 9.17) is 9.84 Å². The molecule has 0 atom stereocenters. The third-order valence-electron chi connectivity index (χ3n) is 2.59. The van der Waals surface area contributed by atoms with E-state index in [0.29, 0.717) is 11.5 Å². The molecule has 1 N–H and O–H groups in total. The number of nitrogens with zero attached hydrogens (tertiary/aromatic N) is 2. The zero-order chi connectivity index (χ0) is 13.8. The summed E-state index contributed by atoms with van der Waals surface area (Å²) >= 11 is 0. The van der Waals surface area contributed by atoms with Crippen molar-refractivity contribution in [2.45, 2.75) is 20.3 Å². The zero-order valence-electron chi connectivity index (χ0n) is 10.8. The Morgan fingerprint density at radius 2 is 2.16 bits per heavy atom. The van der Waals surface area contributed by atoms with Crippen LogP contribution in [0.15, 0.2) is 30.6 Å². The van der Waals surface area contributed by atoms with E-state index in [2.05, 4.69) is 9.97 Å². The highest BCUT2D eigenvalue weighted by atomic mass is 16.5. The van der Waals surface area contributed by atoms with Gasteiger partial charge in [-0.15, -0.1) is 0 Å². The summed E-state index contributed by atoms with van der Waals surface area (Å²) in [5.41, 5.74) is 1.85. The highest BCUT2D eigenvalue weighted by Crippen LogP contribution is 2.25. The van der Waals surface area contributed by atoms with Gasteiger partial charge in [0.1, 0.15) is 11.5 Å². The minimum absolute atomic E-state index is 0.0932. The van der Waals surface area contributed by atoms with E-state index in [9.17, 15) is 4.79 Å². The summed E-state index contributed by atoms with van der Waals surface area (Å²) in [7, 11) is 0.